The number of rotatable bonds is 7. The number of thiophene rings is 1. The van der Waals surface area contributed by atoms with Crippen LogP contribution in [0.3, 0.4) is 0 Å². The Morgan fingerprint density at radius 1 is 1.12 bits per heavy atom. The summed E-state index contributed by atoms with van der Waals surface area (Å²) in [5, 5.41) is 1.28. The Kier molecular flexibility index (Phi) is 6.24. The largest absolute Gasteiger partial charge is 0.382 e. The highest BCUT2D eigenvalue weighted by molar-refractivity contribution is 7.87. The van der Waals surface area contributed by atoms with Gasteiger partial charge in [-0.05, 0) is 56.8 Å². The predicted molar refractivity (Wildman–Crippen MR) is 100 cm³/mol. The van der Waals surface area contributed by atoms with Crippen LogP contribution in [-0.4, -0.2) is 30.5 Å². The molecule has 0 radical (unpaired) electrons. The lowest BCUT2D eigenvalue weighted by molar-refractivity contribution is 0.0695. The fourth-order valence-corrected chi connectivity index (χ4v) is 3.36. The Hall–Kier alpha value is -1.86. The van der Waals surface area contributed by atoms with E-state index in [1.54, 1.807) is 43.0 Å². The molecule has 0 unspecified atom stereocenters. The first-order valence-corrected chi connectivity index (χ1v) is 10.4. The van der Waals surface area contributed by atoms with Gasteiger partial charge in [0.1, 0.15) is 5.75 Å². The second-order valence-corrected chi connectivity index (χ2v) is 9.32. The van der Waals surface area contributed by atoms with E-state index in [4.69, 9.17) is 4.18 Å². The standard InChI is InChI=1S/C18H23NO4S2/c1-13(2)19(18(20)17-6-5-11-24-17)12-15-7-9-16(10-8-15)23-25(21,22)14(3)4/h5-11,13-14H,12H2,1-4H3. The molecule has 136 valence electrons. The topological polar surface area (TPSA) is 63.7 Å². The maximum absolute atomic E-state index is 12.6. The van der Waals surface area contributed by atoms with Gasteiger partial charge >= 0.3 is 10.1 Å². The molecule has 1 aromatic heterocycles. The minimum Gasteiger partial charge on any atom is -0.382 e. The van der Waals surface area contributed by atoms with Crippen LogP contribution < -0.4 is 4.18 Å². The fourth-order valence-electron chi connectivity index (χ4n) is 2.11. The summed E-state index contributed by atoms with van der Waals surface area (Å²) in [5.41, 5.74) is 0.910. The molecule has 0 fully saturated rings. The molecule has 0 bridgehead atoms. The van der Waals surface area contributed by atoms with Crippen LogP contribution in [0.1, 0.15) is 42.9 Å². The van der Waals surface area contributed by atoms with Crippen LogP contribution >= 0.6 is 11.3 Å². The summed E-state index contributed by atoms with van der Waals surface area (Å²) in [5.74, 6) is 0.269. The molecule has 25 heavy (non-hydrogen) atoms. The molecule has 0 aliphatic heterocycles. The quantitative estimate of drug-likeness (QED) is 0.682. The van der Waals surface area contributed by atoms with Crippen LogP contribution in [-0.2, 0) is 16.7 Å². The molecular formula is C18H23NO4S2. The molecule has 0 saturated carbocycles. The van der Waals surface area contributed by atoms with Gasteiger partial charge in [0.2, 0.25) is 0 Å². The zero-order valence-electron chi connectivity index (χ0n) is 14.8. The lowest BCUT2D eigenvalue weighted by Gasteiger charge is -2.26. The third kappa shape index (κ3) is 5.06. The highest BCUT2D eigenvalue weighted by atomic mass is 32.2. The van der Waals surface area contributed by atoms with Gasteiger partial charge in [0.25, 0.3) is 5.91 Å². The van der Waals surface area contributed by atoms with Crippen LogP contribution in [0.25, 0.3) is 0 Å². The molecule has 0 aliphatic rings. The molecule has 0 N–H and O–H groups in total. The van der Waals surface area contributed by atoms with Gasteiger partial charge in [0.15, 0.2) is 0 Å². The summed E-state index contributed by atoms with van der Waals surface area (Å²) in [6, 6.07) is 10.5. The molecule has 7 heteroatoms. The van der Waals surface area contributed by atoms with Crippen molar-refractivity contribution in [3.8, 4) is 5.75 Å². The van der Waals surface area contributed by atoms with Crippen molar-refractivity contribution in [2.75, 3.05) is 0 Å². The third-order valence-corrected chi connectivity index (χ3v) is 6.12. The minimum atomic E-state index is -3.61. The fraction of sp³-hybridized carbons (Fsp3) is 0.389. The molecule has 1 aromatic carbocycles. The van der Waals surface area contributed by atoms with Crippen LogP contribution in [0, 0.1) is 0 Å². The molecule has 0 saturated heterocycles. The molecule has 2 aromatic rings. The SMILES string of the molecule is CC(C)N(Cc1ccc(OS(=O)(=O)C(C)C)cc1)C(=O)c1cccs1. The van der Waals surface area contributed by atoms with E-state index >= 15 is 0 Å². The van der Waals surface area contributed by atoms with Gasteiger partial charge in [0, 0.05) is 12.6 Å². The first-order valence-electron chi connectivity index (χ1n) is 8.07. The number of carbonyl (C=O) groups is 1. The van der Waals surface area contributed by atoms with Crippen molar-refractivity contribution in [2.24, 2.45) is 0 Å². The Balaban J connectivity index is 2.12. The predicted octanol–water partition coefficient (Wildman–Crippen LogP) is 3.92. The van der Waals surface area contributed by atoms with Crippen molar-refractivity contribution in [1.29, 1.82) is 0 Å². The van der Waals surface area contributed by atoms with Gasteiger partial charge < -0.3 is 9.08 Å². The lowest BCUT2D eigenvalue weighted by atomic mass is 10.1. The summed E-state index contributed by atoms with van der Waals surface area (Å²) in [4.78, 5) is 15.1. The number of amides is 1. The van der Waals surface area contributed by atoms with E-state index in [9.17, 15) is 13.2 Å². The van der Waals surface area contributed by atoms with E-state index in [-0.39, 0.29) is 17.7 Å². The lowest BCUT2D eigenvalue weighted by Crippen LogP contribution is -2.35. The van der Waals surface area contributed by atoms with Crippen molar-refractivity contribution >= 4 is 27.4 Å². The number of hydrogen-bond donors (Lipinski definition) is 0. The normalized spacial score (nSPS) is 11.8. The smallest absolute Gasteiger partial charge is 0.311 e. The molecule has 0 atom stereocenters. The number of carbonyl (C=O) groups excluding carboxylic acids is 1. The van der Waals surface area contributed by atoms with Crippen molar-refractivity contribution in [3.05, 3.63) is 52.2 Å². The molecule has 0 aliphatic carbocycles. The first-order chi connectivity index (χ1) is 11.7. The molecule has 2 rings (SSSR count). The van der Waals surface area contributed by atoms with Gasteiger partial charge in [-0.2, -0.15) is 8.42 Å². The van der Waals surface area contributed by atoms with Crippen molar-refractivity contribution in [3.63, 3.8) is 0 Å². The van der Waals surface area contributed by atoms with Gasteiger partial charge in [-0.15, -0.1) is 11.3 Å². The Labute approximate surface area is 153 Å². The number of benzene rings is 1. The van der Waals surface area contributed by atoms with Crippen LogP contribution in [0.2, 0.25) is 0 Å². The van der Waals surface area contributed by atoms with E-state index in [1.165, 1.54) is 11.3 Å². The van der Waals surface area contributed by atoms with Crippen molar-refractivity contribution in [2.45, 2.75) is 45.5 Å². The highest BCUT2D eigenvalue weighted by Crippen LogP contribution is 2.20. The minimum absolute atomic E-state index is 0.00675. The van der Waals surface area contributed by atoms with Crippen molar-refractivity contribution in [1.82, 2.24) is 4.90 Å². The van der Waals surface area contributed by atoms with Gasteiger partial charge in [-0.1, -0.05) is 18.2 Å². The van der Waals surface area contributed by atoms with E-state index < -0.39 is 15.4 Å². The highest BCUT2D eigenvalue weighted by Gasteiger charge is 2.21. The van der Waals surface area contributed by atoms with Gasteiger partial charge in [-0.25, -0.2) is 0 Å². The molecular weight excluding hydrogens is 358 g/mol. The third-order valence-electron chi connectivity index (χ3n) is 3.68. The maximum atomic E-state index is 12.6. The van der Waals surface area contributed by atoms with E-state index in [0.717, 1.165) is 5.56 Å². The average Bonchev–Trinajstić information content (AvgIpc) is 3.07. The molecule has 1 amide bonds. The second kappa shape index (κ2) is 8.01. The Bertz CT molecular complexity index is 794. The maximum Gasteiger partial charge on any atom is 0.311 e. The summed E-state index contributed by atoms with van der Waals surface area (Å²) in [6.07, 6.45) is 0. The average molecular weight is 382 g/mol. The first kappa shape index (κ1) is 19.5. The van der Waals surface area contributed by atoms with Crippen LogP contribution in [0.4, 0.5) is 0 Å². The summed E-state index contributed by atoms with van der Waals surface area (Å²) < 4.78 is 28.7. The monoisotopic (exact) mass is 381 g/mol. The van der Waals surface area contributed by atoms with Gasteiger partial charge in [0.05, 0.1) is 10.1 Å². The zero-order valence-corrected chi connectivity index (χ0v) is 16.4. The number of hydrogen-bond acceptors (Lipinski definition) is 5. The molecule has 0 spiro atoms. The van der Waals surface area contributed by atoms with Crippen LogP contribution in [0.15, 0.2) is 41.8 Å². The summed E-state index contributed by atoms with van der Waals surface area (Å²) in [6.45, 7) is 7.53. The zero-order chi connectivity index (χ0) is 18.6. The van der Waals surface area contributed by atoms with E-state index in [2.05, 4.69) is 0 Å². The molecule has 5 nitrogen and oxygen atoms in total. The van der Waals surface area contributed by atoms with Crippen molar-refractivity contribution < 1.29 is 17.4 Å². The van der Waals surface area contributed by atoms with Crippen LogP contribution in [0.5, 0.6) is 5.75 Å². The number of nitrogens with zero attached hydrogens (tertiary/aromatic N) is 1. The second-order valence-electron chi connectivity index (χ2n) is 6.27. The Morgan fingerprint density at radius 3 is 2.24 bits per heavy atom. The van der Waals surface area contributed by atoms with E-state index in [1.807, 2.05) is 31.4 Å². The van der Waals surface area contributed by atoms with E-state index in [0.29, 0.717) is 11.4 Å². The Morgan fingerprint density at radius 2 is 1.76 bits per heavy atom. The van der Waals surface area contributed by atoms with Gasteiger partial charge in [-0.3, -0.25) is 4.79 Å². The summed E-state index contributed by atoms with van der Waals surface area (Å²) >= 11 is 1.42. The molecule has 1 heterocycles. The summed E-state index contributed by atoms with van der Waals surface area (Å²) in [7, 11) is -3.61.